The highest BCUT2D eigenvalue weighted by molar-refractivity contribution is 7.89. The molecule has 0 aliphatic carbocycles. The second-order valence-electron chi connectivity index (χ2n) is 4.04. The minimum absolute atomic E-state index is 0.172. The van der Waals surface area contributed by atoms with Crippen molar-refractivity contribution in [2.24, 2.45) is 0 Å². The summed E-state index contributed by atoms with van der Waals surface area (Å²) in [6.45, 7) is -0.678. The lowest BCUT2D eigenvalue weighted by molar-refractivity contribution is 0.0678. The molecule has 1 unspecified atom stereocenters. The number of hydrogen-bond donors (Lipinski definition) is 3. The molecule has 1 aromatic rings. The molecule has 3 N–H and O–H groups in total. The number of aliphatic hydroxyl groups excluding tert-OH is 1. The van der Waals surface area contributed by atoms with Gasteiger partial charge in [-0.2, -0.15) is 0 Å². The molecule has 0 saturated carbocycles. The van der Waals surface area contributed by atoms with E-state index in [-0.39, 0.29) is 6.61 Å². The normalized spacial score (nSPS) is 13.1. The summed E-state index contributed by atoms with van der Waals surface area (Å²) in [5.74, 6) is -4.91. The van der Waals surface area contributed by atoms with Gasteiger partial charge in [0.2, 0.25) is 10.0 Å². The van der Waals surface area contributed by atoms with Gasteiger partial charge in [0.05, 0.1) is 18.3 Å². The molecule has 0 radical (unpaired) electrons. The lowest BCUT2D eigenvalue weighted by Gasteiger charge is -2.12. The van der Waals surface area contributed by atoms with Crippen molar-refractivity contribution < 1.29 is 36.9 Å². The number of carboxylic acids is 1. The van der Waals surface area contributed by atoms with Crippen LogP contribution in [0.3, 0.4) is 0 Å². The predicted molar refractivity (Wildman–Crippen MR) is 66.4 cm³/mol. The summed E-state index contributed by atoms with van der Waals surface area (Å²) in [4.78, 5) is 9.59. The number of carbonyl (C=O) groups is 1. The zero-order valence-corrected chi connectivity index (χ0v) is 11.7. The van der Waals surface area contributed by atoms with E-state index in [1.54, 1.807) is 0 Å². The number of carboxylic acid groups (broad SMARTS) is 1. The van der Waals surface area contributed by atoms with E-state index in [9.17, 15) is 27.1 Å². The van der Waals surface area contributed by atoms with E-state index in [2.05, 4.69) is 4.74 Å². The van der Waals surface area contributed by atoms with Gasteiger partial charge in [-0.1, -0.05) is 0 Å². The van der Waals surface area contributed by atoms with Gasteiger partial charge < -0.3 is 14.9 Å². The first-order chi connectivity index (χ1) is 9.69. The fourth-order valence-corrected chi connectivity index (χ4v) is 2.60. The molecule has 10 heteroatoms. The summed E-state index contributed by atoms with van der Waals surface area (Å²) < 4.78 is 56.8. The fourth-order valence-electron chi connectivity index (χ4n) is 1.42. The molecule has 0 bridgehead atoms. The minimum atomic E-state index is -4.53. The smallest absolute Gasteiger partial charge is 0.335 e. The topological polar surface area (TPSA) is 113 Å². The third-order valence-electron chi connectivity index (χ3n) is 2.40. The van der Waals surface area contributed by atoms with Crippen molar-refractivity contribution in [3.63, 3.8) is 0 Å². The van der Waals surface area contributed by atoms with Crippen molar-refractivity contribution in [3.05, 3.63) is 29.3 Å². The van der Waals surface area contributed by atoms with Gasteiger partial charge in [-0.15, -0.1) is 0 Å². The van der Waals surface area contributed by atoms with E-state index in [0.717, 1.165) is 0 Å². The maximum Gasteiger partial charge on any atom is 0.335 e. The van der Waals surface area contributed by atoms with Gasteiger partial charge in [0, 0.05) is 13.7 Å². The first-order valence-electron chi connectivity index (χ1n) is 5.58. The van der Waals surface area contributed by atoms with E-state index in [4.69, 9.17) is 5.11 Å². The van der Waals surface area contributed by atoms with Crippen LogP contribution in [0.5, 0.6) is 0 Å². The maximum atomic E-state index is 13.5. The van der Waals surface area contributed by atoms with Gasteiger partial charge in [-0.05, 0) is 12.1 Å². The number of aliphatic hydroxyl groups is 1. The van der Waals surface area contributed by atoms with Gasteiger partial charge in [0.1, 0.15) is 4.90 Å². The molecule has 0 amide bonds. The van der Waals surface area contributed by atoms with Crippen LogP contribution in [-0.2, 0) is 14.8 Å². The van der Waals surface area contributed by atoms with Gasteiger partial charge >= 0.3 is 5.97 Å². The maximum absolute atomic E-state index is 13.5. The number of hydrogen-bond acceptors (Lipinski definition) is 5. The van der Waals surface area contributed by atoms with Gasteiger partial charge in [-0.3, -0.25) is 0 Å². The Balaban J connectivity index is 3.10. The molecule has 0 aliphatic rings. The number of halogens is 2. The largest absolute Gasteiger partial charge is 0.478 e. The Labute approximate surface area is 119 Å². The van der Waals surface area contributed by atoms with Crippen LogP contribution in [0.25, 0.3) is 0 Å². The summed E-state index contributed by atoms with van der Waals surface area (Å²) in [6, 6.07) is 0.863. The average molecular weight is 325 g/mol. The molecule has 0 aliphatic heterocycles. The summed E-state index contributed by atoms with van der Waals surface area (Å²) in [5.41, 5.74) is -0.716. The standard InChI is InChI=1S/C11H13F2NO6S/c1-20-5-7(15)4-14-21(18,19)9-3-6(11(16)17)2-8(12)10(9)13/h2-3,7,14-15H,4-5H2,1H3,(H,16,17). The number of methoxy groups -OCH3 is 1. The highest BCUT2D eigenvalue weighted by Crippen LogP contribution is 2.20. The zero-order valence-electron chi connectivity index (χ0n) is 10.8. The molecule has 21 heavy (non-hydrogen) atoms. The Morgan fingerprint density at radius 3 is 2.57 bits per heavy atom. The third-order valence-corrected chi connectivity index (χ3v) is 3.82. The molecule has 0 saturated heterocycles. The number of ether oxygens (including phenoxy) is 1. The average Bonchev–Trinajstić information content (AvgIpc) is 2.39. The zero-order chi connectivity index (χ0) is 16.2. The molecule has 1 rings (SSSR count). The van der Waals surface area contributed by atoms with E-state index in [1.807, 2.05) is 4.72 Å². The Morgan fingerprint density at radius 2 is 2.05 bits per heavy atom. The number of rotatable bonds is 7. The van der Waals surface area contributed by atoms with Crippen molar-refractivity contribution in [1.29, 1.82) is 0 Å². The van der Waals surface area contributed by atoms with Crippen molar-refractivity contribution in [2.75, 3.05) is 20.3 Å². The highest BCUT2D eigenvalue weighted by Gasteiger charge is 2.25. The molecule has 0 fully saturated rings. The van der Waals surface area contributed by atoms with Crippen LogP contribution in [0, 0.1) is 11.6 Å². The van der Waals surface area contributed by atoms with E-state index >= 15 is 0 Å². The molecule has 118 valence electrons. The summed E-state index contributed by atoms with van der Waals surface area (Å²) >= 11 is 0. The van der Waals surface area contributed by atoms with Crippen LogP contribution < -0.4 is 4.72 Å². The second kappa shape index (κ2) is 6.89. The molecule has 0 spiro atoms. The molecular formula is C11H13F2NO6S. The van der Waals surface area contributed by atoms with E-state index in [1.165, 1.54) is 7.11 Å². The van der Waals surface area contributed by atoms with E-state index < -0.39 is 50.7 Å². The van der Waals surface area contributed by atoms with Crippen LogP contribution >= 0.6 is 0 Å². The molecular weight excluding hydrogens is 312 g/mol. The number of sulfonamides is 1. The van der Waals surface area contributed by atoms with Gasteiger partial charge in [0.15, 0.2) is 11.6 Å². The molecule has 1 aromatic carbocycles. The minimum Gasteiger partial charge on any atom is -0.478 e. The number of nitrogens with one attached hydrogen (secondary N) is 1. The summed E-state index contributed by atoms with van der Waals surface area (Å²) in [5, 5.41) is 18.0. The van der Waals surface area contributed by atoms with Crippen molar-refractivity contribution >= 4 is 16.0 Å². The van der Waals surface area contributed by atoms with Crippen LogP contribution in [-0.4, -0.2) is 51.0 Å². The monoisotopic (exact) mass is 325 g/mol. The Kier molecular flexibility index (Phi) is 5.72. The fraction of sp³-hybridized carbons (Fsp3) is 0.364. The van der Waals surface area contributed by atoms with Gasteiger partial charge in [-0.25, -0.2) is 26.7 Å². The van der Waals surface area contributed by atoms with Crippen molar-refractivity contribution in [2.45, 2.75) is 11.0 Å². The second-order valence-corrected chi connectivity index (χ2v) is 5.77. The van der Waals surface area contributed by atoms with Crippen LogP contribution in [0.15, 0.2) is 17.0 Å². The highest BCUT2D eigenvalue weighted by atomic mass is 32.2. The molecule has 0 heterocycles. The SMILES string of the molecule is COCC(O)CNS(=O)(=O)c1cc(C(=O)O)cc(F)c1F. The molecule has 7 nitrogen and oxygen atoms in total. The number of benzene rings is 1. The van der Waals surface area contributed by atoms with Crippen molar-refractivity contribution in [1.82, 2.24) is 4.72 Å². The lowest BCUT2D eigenvalue weighted by atomic mass is 10.2. The molecule has 0 aromatic heterocycles. The van der Waals surface area contributed by atoms with Crippen LogP contribution in [0.4, 0.5) is 8.78 Å². The third kappa shape index (κ3) is 4.43. The quantitative estimate of drug-likeness (QED) is 0.648. The Hall–Kier alpha value is -1.62. The van der Waals surface area contributed by atoms with Crippen LogP contribution in [0.2, 0.25) is 0 Å². The number of aromatic carboxylic acids is 1. The molecule has 1 atom stereocenters. The van der Waals surface area contributed by atoms with Gasteiger partial charge in [0.25, 0.3) is 0 Å². The van der Waals surface area contributed by atoms with Crippen LogP contribution in [0.1, 0.15) is 10.4 Å². The Morgan fingerprint density at radius 1 is 1.43 bits per heavy atom. The Bertz CT molecular complexity index is 634. The summed E-state index contributed by atoms with van der Waals surface area (Å²) in [7, 11) is -3.25. The lowest BCUT2D eigenvalue weighted by Crippen LogP contribution is -2.35. The first-order valence-corrected chi connectivity index (χ1v) is 7.06. The van der Waals surface area contributed by atoms with Crippen molar-refractivity contribution in [3.8, 4) is 0 Å². The van der Waals surface area contributed by atoms with E-state index in [0.29, 0.717) is 12.1 Å². The predicted octanol–water partition coefficient (Wildman–Crippen LogP) is -0.0514. The summed E-state index contributed by atoms with van der Waals surface area (Å²) in [6.07, 6.45) is -1.19. The first kappa shape index (κ1) is 17.4.